The maximum atomic E-state index is 13.0. The summed E-state index contributed by atoms with van der Waals surface area (Å²) in [7, 11) is 3.02. The zero-order chi connectivity index (χ0) is 20.4. The molecule has 1 N–H and O–H groups in total. The van der Waals surface area contributed by atoms with Crippen LogP contribution in [0.25, 0.3) is 0 Å². The Morgan fingerprint density at radius 2 is 1.76 bits per heavy atom. The summed E-state index contributed by atoms with van der Waals surface area (Å²) in [5, 5.41) is 13.9. The lowest BCUT2D eigenvalue weighted by molar-refractivity contribution is -0.155. The van der Waals surface area contributed by atoms with E-state index in [9.17, 15) is 9.90 Å². The highest BCUT2D eigenvalue weighted by Crippen LogP contribution is 2.59. The lowest BCUT2D eigenvalue weighted by atomic mass is 9.77. The van der Waals surface area contributed by atoms with Crippen LogP contribution in [-0.2, 0) is 15.1 Å². The molecule has 4 rings (SSSR count). The molecule has 1 aliphatic carbocycles. The van der Waals surface area contributed by atoms with E-state index in [4.69, 9.17) is 9.47 Å². The molecule has 4 atom stereocenters. The van der Waals surface area contributed by atoms with Crippen LogP contribution in [0.1, 0.15) is 34.3 Å². The lowest BCUT2D eigenvalue weighted by Gasteiger charge is -2.31. The number of thiophene rings is 1. The van der Waals surface area contributed by atoms with E-state index in [-0.39, 0.29) is 11.8 Å². The van der Waals surface area contributed by atoms with Crippen LogP contribution in [-0.4, -0.2) is 25.3 Å². The first kappa shape index (κ1) is 19.7. The van der Waals surface area contributed by atoms with Crippen LogP contribution in [0, 0.1) is 5.92 Å². The SMILES string of the molecule is COC(=O)[C@H]1[C@H](c2ccc(OC)cc2)[C@@H](c2cccs2)C[C@@]1(O)c1ccccc1. The standard InChI is InChI=1S/C24H24O4S/c1-27-18-12-10-16(11-13-18)21-19(20-9-6-14-29-20)15-24(26,22(21)23(25)28-2)17-7-4-3-5-8-17/h3-14,19,21-22,26H,15H2,1-2H3/t19-,21-,22-,24-/m1/s1. The van der Waals surface area contributed by atoms with Crippen LogP contribution in [0.5, 0.6) is 5.75 Å². The minimum absolute atomic E-state index is 0.00213. The molecule has 1 fully saturated rings. The average molecular weight is 409 g/mol. The molecule has 0 aliphatic heterocycles. The monoisotopic (exact) mass is 408 g/mol. The van der Waals surface area contributed by atoms with Crippen molar-refractivity contribution in [1.82, 2.24) is 0 Å². The first-order chi connectivity index (χ1) is 14.1. The molecule has 3 aromatic rings. The molecule has 1 aliphatic rings. The van der Waals surface area contributed by atoms with Crippen LogP contribution in [0.15, 0.2) is 72.1 Å². The molecule has 4 nitrogen and oxygen atoms in total. The third-order valence-electron chi connectivity index (χ3n) is 5.98. The van der Waals surface area contributed by atoms with Gasteiger partial charge in [-0.25, -0.2) is 0 Å². The summed E-state index contributed by atoms with van der Waals surface area (Å²) >= 11 is 1.66. The molecule has 5 heteroatoms. The second-order valence-electron chi connectivity index (χ2n) is 7.42. The highest BCUT2D eigenvalue weighted by Gasteiger charge is 2.58. The van der Waals surface area contributed by atoms with E-state index in [1.807, 2.05) is 66.0 Å². The Hall–Kier alpha value is -2.63. The molecule has 0 unspecified atom stereocenters. The van der Waals surface area contributed by atoms with Gasteiger partial charge >= 0.3 is 5.97 Å². The fraction of sp³-hybridized carbons (Fsp3) is 0.292. The number of methoxy groups -OCH3 is 2. The Bertz CT molecular complexity index is 952. The molecule has 0 saturated heterocycles. The van der Waals surface area contributed by atoms with E-state index in [0.717, 1.165) is 21.8 Å². The third-order valence-corrected chi connectivity index (χ3v) is 6.98. The molecule has 2 aromatic carbocycles. The number of aliphatic hydroxyl groups is 1. The summed E-state index contributed by atoms with van der Waals surface area (Å²) in [6.45, 7) is 0. The van der Waals surface area contributed by atoms with E-state index in [2.05, 4.69) is 6.07 Å². The minimum atomic E-state index is -1.31. The number of carbonyl (C=O) groups excluding carboxylic acids is 1. The Labute approximate surface area is 174 Å². The normalized spacial score (nSPS) is 26.2. The summed E-state index contributed by atoms with van der Waals surface area (Å²) in [5.41, 5.74) is 0.424. The van der Waals surface area contributed by atoms with Gasteiger partial charge in [0.25, 0.3) is 0 Å². The zero-order valence-corrected chi connectivity index (χ0v) is 17.3. The Morgan fingerprint density at radius 3 is 2.34 bits per heavy atom. The number of carbonyl (C=O) groups is 1. The zero-order valence-electron chi connectivity index (χ0n) is 16.4. The van der Waals surface area contributed by atoms with Crippen molar-refractivity contribution < 1.29 is 19.4 Å². The molecule has 0 spiro atoms. The Balaban J connectivity index is 1.88. The van der Waals surface area contributed by atoms with Crippen LogP contribution < -0.4 is 4.74 Å². The van der Waals surface area contributed by atoms with Crippen LogP contribution in [0.4, 0.5) is 0 Å². The molecule has 1 aromatic heterocycles. The van der Waals surface area contributed by atoms with Gasteiger partial charge in [0.2, 0.25) is 0 Å². The predicted octanol–water partition coefficient (Wildman–Crippen LogP) is 4.70. The fourth-order valence-corrected chi connectivity index (χ4v) is 5.52. The lowest BCUT2D eigenvalue weighted by Crippen LogP contribution is -2.38. The third kappa shape index (κ3) is 3.45. The molecular weight excluding hydrogens is 384 g/mol. The quantitative estimate of drug-likeness (QED) is 0.622. The molecule has 0 radical (unpaired) electrons. The average Bonchev–Trinajstić information content (AvgIpc) is 3.41. The summed E-state index contributed by atoms with van der Waals surface area (Å²) in [4.78, 5) is 14.2. The molecule has 0 bridgehead atoms. The Morgan fingerprint density at radius 1 is 1.03 bits per heavy atom. The minimum Gasteiger partial charge on any atom is -0.497 e. The van der Waals surface area contributed by atoms with Gasteiger partial charge in [-0.15, -0.1) is 11.3 Å². The van der Waals surface area contributed by atoms with Gasteiger partial charge in [0.05, 0.1) is 20.1 Å². The van der Waals surface area contributed by atoms with E-state index in [1.165, 1.54) is 7.11 Å². The van der Waals surface area contributed by atoms with Gasteiger partial charge in [-0.1, -0.05) is 48.5 Å². The number of ether oxygens (including phenoxy) is 2. The molecule has 29 heavy (non-hydrogen) atoms. The fourth-order valence-electron chi connectivity index (χ4n) is 4.64. The van der Waals surface area contributed by atoms with Crippen LogP contribution in [0.2, 0.25) is 0 Å². The van der Waals surface area contributed by atoms with E-state index >= 15 is 0 Å². The van der Waals surface area contributed by atoms with Gasteiger partial charge < -0.3 is 14.6 Å². The van der Waals surface area contributed by atoms with Crippen molar-refractivity contribution in [3.05, 3.63) is 88.1 Å². The summed E-state index contributed by atoms with van der Waals surface area (Å²) in [6.07, 6.45) is 0.452. The van der Waals surface area contributed by atoms with E-state index < -0.39 is 17.5 Å². The molecule has 150 valence electrons. The first-order valence-corrected chi connectivity index (χ1v) is 10.5. The maximum absolute atomic E-state index is 13.0. The smallest absolute Gasteiger partial charge is 0.312 e. The summed E-state index contributed by atoms with van der Waals surface area (Å²) < 4.78 is 10.5. The molecule has 1 heterocycles. The van der Waals surface area contributed by atoms with Crippen LogP contribution >= 0.6 is 11.3 Å². The largest absolute Gasteiger partial charge is 0.497 e. The first-order valence-electron chi connectivity index (χ1n) is 9.61. The van der Waals surface area contributed by atoms with Gasteiger partial charge in [0, 0.05) is 16.7 Å². The highest BCUT2D eigenvalue weighted by molar-refractivity contribution is 7.10. The molecule has 1 saturated carbocycles. The van der Waals surface area contributed by atoms with Crippen molar-refractivity contribution in [2.24, 2.45) is 5.92 Å². The van der Waals surface area contributed by atoms with Crippen molar-refractivity contribution in [1.29, 1.82) is 0 Å². The van der Waals surface area contributed by atoms with E-state index in [1.54, 1.807) is 18.4 Å². The van der Waals surface area contributed by atoms with Gasteiger partial charge in [0.15, 0.2) is 0 Å². The van der Waals surface area contributed by atoms with Gasteiger partial charge in [-0.3, -0.25) is 4.79 Å². The van der Waals surface area contributed by atoms with Crippen molar-refractivity contribution in [2.45, 2.75) is 23.9 Å². The summed E-state index contributed by atoms with van der Waals surface area (Å²) in [5.74, 6) is -0.561. The Kier molecular flexibility index (Phi) is 5.43. The molecule has 0 amide bonds. The number of esters is 1. The van der Waals surface area contributed by atoms with Crippen molar-refractivity contribution in [3.63, 3.8) is 0 Å². The van der Waals surface area contributed by atoms with Gasteiger partial charge in [-0.2, -0.15) is 0 Å². The number of rotatable bonds is 5. The second-order valence-corrected chi connectivity index (χ2v) is 8.40. The number of benzene rings is 2. The summed E-state index contributed by atoms with van der Waals surface area (Å²) in [6, 6.07) is 21.3. The number of hydrogen-bond donors (Lipinski definition) is 1. The maximum Gasteiger partial charge on any atom is 0.312 e. The topological polar surface area (TPSA) is 55.8 Å². The highest BCUT2D eigenvalue weighted by atomic mass is 32.1. The predicted molar refractivity (Wildman–Crippen MR) is 113 cm³/mol. The number of hydrogen-bond acceptors (Lipinski definition) is 5. The second kappa shape index (κ2) is 8.01. The van der Waals surface area contributed by atoms with Gasteiger partial charge in [-0.05, 0) is 41.1 Å². The molecular formula is C24H24O4S. The van der Waals surface area contributed by atoms with Crippen LogP contribution in [0.3, 0.4) is 0 Å². The van der Waals surface area contributed by atoms with Crippen molar-refractivity contribution in [2.75, 3.05) is 14.2 Å². The van der Waals surface area contributed by atoms with Crippen molar-refractivity contribution >= 4 is 17.3 Å². The van der Waals surface area contributed by atoms with Gasteiger partial charge in [0.1, 0.15) is 11.4 Å². The van der Waals surface area contributed by atoms with Crippen molar-refractivity contribution in [3.8, 4) is 5.75 Å². The van der Waals surface area contributed by atoms with E-state index in [0.29, 0.717) is 6.42 Å².